The summed E-state index contributed by atoms with van der Waals surface area (Å²) in [4.78, 5) is 63.8. The van der Waals surface area contributed by atoms with Gasteiger partial charge in [0.25, 0.3) is 11.8 Å². The molecule has 384 valence electrons. The summed E-state index contributed by atoms with van der Waals surface area (Å²) in [6.45, 7) is 10.7. The molecular weight excluding hydrogens is 923 g/mol. The van der Waals surface area contributed by atoms with Crippen LogP contribution in [0.25, 0.3) is 0 Å². The Labute approximate surface area is 421 Å². The van der Waals surface area contributed by atoms with Crippen molar-refractivity contribution in [3.05, 3.63) is 109 Å². The van der Waals surface area contributed by atoms with Gasteiger partial charge in [-0.1, -0.05) is 27.7 Å². The number of rotatable bonds is 32. The van der Waals surface area contributed by atoms with Crippen molar-refractivity contribution < 1.29 is 57.1 Å². The van der Waals surface area contributed by atoms with Gasteiger partial charge in [-0.2, -0.15) is 20.5 Å². The minimum atomic E-state index is -1.56. The number of unbranched alkanes of at least 4 members (excludes halogenated alkanes) is 4. The molecule has 0 radical (unpaired) electrons. The Balaban J connectivity index is 0.971. The van der Waals surface area contributed by atoms with Gasteiger partial charge in [0.05, 0.1) is 55.7 Å². The molecule has 17 heteroatoms. The lowest BCUT2D eigenvalue weighted by molar-refractivity contribution is -0.171. The Kier molecular flexibility index (Phi) is 22.9. The van der Waals surface area contributed by atoms with Gasteiger partial charge >= 0.3 is 17.9 Å². The highest BCUT2D eigenvalue weighted by molar-refractivity contribution is 6.12. The number of esters is 3. The van der Waals surface area contributed by atoms with Crippen LogP contribution in [-0.4, -0.2) is 87.4 Å². The fourth-order valence-electron chi connectivity index (χ4n) is 6.51. The second-order valence-corrected chi connectivity index (χ2v) is 18.3. The van der Waals surface area contributed by atoms with E-state index in [1.165, 1.54) is 6.92 Å². The summed E-state index contributed by atoms with van der Waals surface area (Å²) < 4.78 is 39.6. The lowest BCUT2D eigenvalue weighted by Crippen LogP contribution is -2.42. The van der Waals surface area contributed by atoms with E-state index in [4.69, 9.17) is 33.2 Å². The number of azo groups is 2. The largest absolute Gasteiger partial charge is 0.494 e. The van der Waals surface area contributed by atoms with Crippen molar-refractivity contribution in [1.82, 2.24) is 4.90 Å². The predicted molar refractivity (Wildman–Crippen MR) is 270 cm³/mol. The minimum Gasteiger partial charge on any atom is -0.494 e. The zero-order valence-electron chi connectivity index (χ0n) is 42.0. The van der Waals surface area contributed by atoms with Crippen LogP contribution >= 0.6 is 0 Å². The van der Waals surface area contributed by atoms with Crippen LogP contribution in [0.2, 0.25) is 0 Å². The average molecular weight is 990 g/mol. The third-order valence-electron chi connectivity index (χ3n) is 10.7. The van der Waals surface area contributed by atoms with E-state index in [2.05, 4.69) is 48.2 Å². The molecule has 5 rings (SSSR count). The van der Waals surface area contributed by atoms with Crippen molar-refractivity contribution in [2.24, 2.45) is 37.7 Å². The Hall–Kier alpha value is -7.43. The topological polar surface area (TPSA) is 203 Å². The second-order valence-electron chi connectivity index (χ2n) is 18.3. The molecule has 72 heavy (non-hydrogen) atoms. The van der Waals surface area contributed by atoms with Crippen molar-refractivity contribution in [2.45, 2.75) is 86.0 Å². The molecular formula is C55H67N5O12. The predicted octanol–water partition coefficient (Wildman–Crippen LogP) is 11.7. The first-order chi connectivity index (χ1) is 34.7. The number of nitrogens with zero attached hydrogens (tertiary/aromatic N) is 5. The van der Waals surface area contributed by atoms with Gasteiger partial charge in [-0.15, -0.1) is 0 Å². The lowest BCUT2D eigenvalue weighted by atomic mass is 9.93. The minimum absolute atomic E-state index is 0.0939. The highest BCUT2D eigenvalue weighted by atomic mass is 16.6. The molecule has 0 bridgehead atoms. The normalized spacial score (nSPS) is 13.2. The fourth-order valence-corrected chi connectivity index (χ4v) is 6.51. The van der Waals surface area contributed by atoms with Crippen molar-refractivity contribution in [1.29, 1.82) is 0 Å². The van der Waals surface area contributed by atoms with Gasteiger partial charge < -0.3 is 33.2 Å². The van der Waals surface area contributed by atoms with E-state index in [9.17, 15) is 24.0 Å². The highest BCUT2D eigenvalue weighted by Crippen LogP contribution is 2.26. The molecule has 0 fully saturated rings. The third-order valence-corrected chi connectivity index (χ3v) is 10.7. The van der Waals surface area contributed by atoms with Crippen LogP contribution in [0.1, 0.15) is 86.0 Å². The number of hydrogen-bond acceptors (Lipinski definition) is 16. The van der Waals surface area contributed by atoms with E-state index < -0.39 is 48.4 Å². The number of imide groups is 1. The van der Waals surface area contributed by atoms with E-state index in [0.717, 1.165) is 28.6 Å². The Morgan fingerprint density at radius 2 is 0.819 bits per heavy atom. The van der Waals surface area contributed by atoms with Crippen LogP contribution in [0.15, 0.2) is 130 Å². The summed E-state index contributed by atoms with van der Waals surface area (Å²) in [5.41, 5.74) is 1.22. The van der Waals surface area contributed by atoms with Gasteiger partial charge in [-0.25, -0.2) is 0 Å². The summed E-state index contributed by atoms with van der Waals surface area (Å²) in [6.07, 6.45) is 6.23. The third kappa shape index (κ3) is 20.5. The van der Waals surface area contributed by atoms with Gasteiger partial charge in [-0.05, 0) is 154 Å². The first-order valence-electron chi connectivity index (χ1n) is 24.5. The average Bonchev–Trinajstić information content (AvgIpc) is 3.70. The first kappa shape index (κ1) is 55.5. The Morgan fingerprint density at radius 3 is 1.17 bits per heavy atom. The summed E-state index contributed by atoms with van der Waals surface area (Å²) in [5.74, 6) is 0.907. The highest BCUT2D eigenvalue weighted by Gasteiger charge is 2.39. The molecule has 0 saturated carbocycles. The maximum absolute atomic E-state index is 13.4. The van der Waals surface area contributed by atoms with E-state index in [1.54, 1.807) is 0 Å². The Morgan fingerprint density at radius 1 is 0.472 bits per heavy atom. The molecule has 0 N–H and O–H groups in total. The molecule has 0 aliphatic carbocycles. The van der Waals surface area contributed by atoms with Crippen molar-refractivity contribution in [2.75, 3.05) is 52.8 Å². The number of amides is 2. The zero-order chi connectivity index (χ0) is 51.6. The van der Waals surface area contributed by atoms with E-state index in [0.29, 0.717) is 111 Å². The summed E-state index contributed by atoms with van der Waals surface area (Å²) in [5, 5.41) is 17.2. The van der Waals surface area contributed by atoms with Crippen LogP contribution in [-0.2, 0) is 38.2 Å². The number of hydrogen-bond donors (Lipinski definition) is 0. The molecule has 1 heterocycles. The summed E-state index contributed by atoms with van der Waals surface area (Å²) in [6, 6.07) is 29.4. The molecule has 4 aromatic rings. The standard InChI is InChI=1S/C55H67N5O12/c1-40(2)36-69-48-26-18-44(19-27-48)58-56-42-14-22-46(23-15-42)66-33-10-6-8-12-52(63)71-38-55(5,54(65)68-35-32-60-50(61)30-31-51(60)62)39-72-53(64)13-9-7-11-34-67-47-24-16-43(17-25-47)57-59-45-20-28-49(29-21-45)70-37-41(3)4/h14-31,40-41H,6-13,32-39H2,1-5H3. The monoisotopic (exact) mass is 989 g/mol. The smallest absolute Gasteiger partial charge is 0.318 e. The Bertz CT molecular complexity index is 2260. The van der Waals surface area contributed by atoms with E-state index >= 15 is 0 Å². The molecule has 0 saturated heterocycles. The summed E-state index contributed by atoms with van der Waals surface area (Å²) >= 11 is 0. The molecule has 0 aromatic heterocycles. The van der Waals surface area contributed by atoms with Gasteiger partial charge in [0.2, 0.25) is 0 Å². The molecule has 1 aliphatic rings. The maximum Gasteiger partial charge on any atom is 0.318 e. The van der Waals surface area contributed by atoms with Gasteiger partial charge in [-0.3, -0.25) is 28.9 Å². The second kappa shape index (κ2) is 29.7. The first-order valence-corrected chi connectivity index (χ1v) is 24.5. The molecule has 0 atom stereocenters. The molecule has 17 nitrogen and oxygen atoms in total. The van der Waals surface area contributed by atoms with Gasteiger partial charge in [0.15, 0.2) is 0 Å². The van der Waals surface area contributed by atoms with Crippen LogP contribution in [0.4, 0.5) is 22.7 Å². The van der Waals surface area contributed by atoms with Crippen LogP contribution in [0.5, 0.6) is 23.0 Å². The molecule has 2 amide bonds. The van der Waals surface area contributed by atoms with Gasteiger partial charge in [0.1, 0.15) is 48.2 Å². The quantitative estimate of drug-likeness (QED) is 0.0147. The van der Waals surface area contributed by atoms with Crippen molar-refractivity contribution in [3.8, 4) is 23.0 Å². The fraction of sp³-hybridized carbons (Fsp3) is 0.436. The molecule has 0 unspecified atom stereocenters. The number of benzene rings is 4. The van der Waals surface area contributed by atoms with E-state index in [1.807, 2.05) is 97.1 Å². The maximum atomic E-state index is 13.4. The van der Waals surface area contributed by atoms with E-state index in [-0.39, 0.29) is 26.0 Å². The molecule has 0 spiro atoms. The summed E-state index contributed by atoms with van der Waals surface area (Å²) in [7, 11) is 0. The molecule has 1 aliphatic heterocycles. The zero-order valence-corrected chi connectivity index (χ0v) is 42.0. The lowest BCUT2D eigenvalue weighted by Gasteiger charge is -2.27. The molecule has 4 aromatic carbocycles. The van der Waals surface area contributed by atoms with Gasteiger partial charge in [0, 0.05) is 25.0 Å². The van der Waals surface area contributed by atoms with Crippen LogP contribution in [0.3, 0.4) is 0 Å². The number of ether oxygens (including phenoxy) is 7. The number of carbonyl (C=O) groups excluding carboxylic acids is 5. The number of carbonyl (C=O) groups is 5. The van der Waals surface area contributed by atoms with Crippen LogP contribution < -0.4 is 18.9 Å². The SMILES string of the molecule is CC(C)COc1ccc(N=Nc2ccc(OCCCCCC(=O)OCC(C)(COC(=O)CCCCCOc3ccc(N=Nc4ccc(OCC(C)C)cc4)cc3)C(=O)OCCN3C(=O)C=CC3=O)cc2)cc1. The van der Waals surface area contributed by atoms with Crippen LogP contribution in [0, 0.1) is 17.3 Å². The van der Waals surface area contributed by atoms with Crippen molar-refractivity contribution in [3.63, 3.8) is 0 Å². The van der Waals surface area contributed by atoms with Crippen molar-refractivity contribution >= 4 is 52.5 Å².